The van der Waals surface area contributed by atoms with Crippen LogP contribution in [0.2, 0.25) is 0 Å². The zero-order valence-corrected chi connectivity index (χ0v) is 16.0. The van der Waals surface area contributed by atoms with Gasteiger partial charge in [0.1, 0.15) is 6.10 Å². The van der Waals surface area contributed by atoms with Crippen LogP contribution in [0.5, 0.6) is 0 Å². The minimum atomic E-state index is -1.98. The largest absolute Gasteiger partial charge is 0.390 e. The molecule has 1 aliphatic carbocycles. The van der Waals surface area contributed by atoms with Gasteiger partial charge in [-0.15, -0.1) is 0 Å². The van der Waals surface area contributed by atoms with Gasteiger partial charge in [-0.2, -0.15) is 0 Å². The molecule has 27 heavy (non-hydrogen) atoms. The number of benzene rings is 1. The number of nitrogens with one attached hydrogen (secondary N) is 1. The molecule has 0 saturated heterocycles. The Labute approximate surface area is 172 Å². The molecule has 0 radical (unpaired) electrons. The molecule has 1 fully saturated rings. The first-order valence-corrected chi connectivity index (χ1v) is 9.39. The molecule has 0 heterocycles. The lowest BCUT2D eigenvalue weighted by Gasteiger charge is -2.32. The number of hydrogen-bond acceptors (Lipinski definition) is 3. The Morgan fingerprint density at radius 1 is 1.26 bits per heavy atom. The molecule has 4 heteroatoms. The minimum Gasteiger partial charge on any atom is -0.390 e. The third kappa shape index (κ3) is 7.86. The zero-order valence-electron chi connectivity index (χ0n) is 22.0. The number of carbonyl (C=O) groups is 1. The van der Waals surface area contributed by atoms with E-state index in [-0.39, 0.29) is 12.3 Å². The molecule has 0 aliphatic heterocycles. The van der Waals surface area contributed by atoms with Crippen LogP contribution in [0.25, 0.3) is 6.08 Å². The summed E-state index contributed by atoms with van der Waals surface area (Å²) in [6.07, 6.45) is -6.96. The first-order valence-electron chi connectivity index (χ1n) is 12.8. The van der Waals surface area contributed by atoms with Gasteiger partial charge >= 0.3 is 0 Å². The highest BCUT2D eigenvalue weighted by Crippen LogP contribution is 2.28. The van der Waals surface area contributed by atoms with E-state index in [1.807, 2.05) is 32.0 Å². The molecule has 1 aromatic carbocycles. The first-order chi connectivity index (χ1) is 15.4. The summed E-state index contributed by atoms with van der Waals surface area (Å²) in [5, 5.41) is 23.9. The number of hydrogen-bond donors (Lipinski definition) is 3. The second-order valence-corrected chi connectivity index (χ2v) is 7.24. The molecule has 1 amide bonds. The minimum absolute atomic E-state index is 0.0517. The molecule has 0 spiro atoms. The number of carbonyl (C=O) groups excluding carboxylic acids is 1. The lowest BCUT2D eigenvalue weighted by Crippen LogP contribution is -2.49. The van der Waals surface area contributed by atoms with E-state index < -0.39 is 68.5 Å². The van der Waals surface area contributed by atoms with Crippen molar-refractivity contribution in [1.82, 2.24) is 5.32 Å². The topological polar surface area (TPSA) is 69.6 Å². The molecule has 1 aromatic rings. The average molecular weight is 386 g/mol. The molecule has 150 valence electrons. The summed E-state index contributed by atoms with van der Waals surface area (Å²) in [5.41, 5.74) is 0.780. The van der Waals surface area contributed by atoms with Gasteiger partial charge in [-0.1, -0.05) is 76.2 Å². The Morgan fingerprint density at radius 2 is 1.93 bits per heavy atom. The van der Waals surface area contributed by atoms with E-state index in [1.54, 1.807) is 18.2 Å². The molecular formula is C23H35NO3. The fraction of sp³-hybridized carbons (Fsp3) is 0.609. The van der Waals surface area contributed by atoms with E-state index in [9.17, 15) is 15.0 Å². The van der Waals surface area contributed by atoms with Crippen molar-refractivity contribution in [1.29, 1.82) is 0 Å². The van der Waals surface area contributed by atoms with Gasteiger partial charge in [0.05, 0.1) is 12.1 Å². The zero-order chi connectivity index (χ0) is 24.9. The maximum atomic E-state index is 12.6. The van der Waals surface area contributed by atoms with Crippen molar-refractivity contribution in [3.05, 3.63) is 42.0 Å². The van der Waals surface area contributed by atoms with Crippen LogP contribution in [0.4, 0.5) is 0 Å². The number of aliphatic hydroxyl groups is 2. The number of aliphatic hydroxyl groups excluding tert-OH is 2. The van der Waals surface area contributed by atoms with Crippen LogP contribution >= 0.6 is 0 Å². The third-order valence-corrected chi connectivity index (χ3v) is 4.37. The molecule has 1 saturated carbocycles. The average Bonchev–Trinajstić information content (AvgIpc) is 2.78. The van der Waals surface area contributed by atoms with Gasteiger partial charge in [0.2, 0.25) is 5.91 Å². The summed E-state index contributed by atoms with van der Waals surface area (Å²) in [5.74, 6) is -2.50. The van der Waals surface area contributed by atoms with Gasteiger partial charge in [0, 0.05) is 14.3 Å². The lowest BCUT2D eigenvalue weighted by atomic mass is 9.82. The summed E-state index contributed by atoms with van der Waals surface area (Å²) in [7, 11) is 0. The molecule has 7 atom stereocenters. The molecular weight excluding hydrogens is 338 g/mol. The van der Waals surface area contributed by atoms with Crippen LogP contribution in [0, 0.1) is 11.8 Å². The van der Waals surface area contributed by atoms with Gasteiger partial charge in [-0.05, 0) is 36.3 Å². The Bertz CT molecular complexity index is 780. The Morgan fingerprint density at radius 3 is 2.56 bits per heavy atom. The SMILES string of the molecule is [3H]C1C([3H])C([3H])C([3H])(C[C@H](NC(=O)/C=C/c2ccccc2)[C@@H](O)[C@@H](O)CC(C)C)C([3H])C1[3H]. The van der Waals surface area contributed by atoms with Crippen molar-refractivity contribution in [2.24, 2.45) is 11.8 Å². The highest BCUT2D eigenvalue weighted by Gasteiger charge is 2.30. The summed E-state index contributed by atoms with van der Waals surface area (Å²) in [6.45, 7) is 3.73. The summed E-state index contributed by atoms with van der Waals surface area (Å²) in [4.78, 5) is 12.6. The van der Waals surface area contributed by atoms with Crippen LogP contribution in [0.1, 0.15) is 72.5 Å². The van der Waals surface area contributed by atoms with Crippen LogP contribution in [0.15, 0.2) is 36.4 Å². The second-order valence-electron chi connectivity index (χ2n) is 7.24. The van der Waals surface area contributed by atoms with Gasteiger partial charge < -0.3 is 15.5 Å². The predicted octanol–water partition coefficient (Wildman–Crippen LogP) is 3.92. The smallest absolute Gasteiger partial charge is 0.244 e. The van der Waals surface area contributed by atoms with Gasteiger partial charge in [-0.3, -0.25) is 4.79 Å². The van der Waals surface area contributed by atoms with Crippen LogP contribution in [0.3, 0.4) is 0 Å². The standard InChI is InChI=1S/C23H35NO3/c1-17(2)15-21(25)23(27)20(16-19-11-7-4-8-12-19)24-22(26)14-13-18-9-5-3-6-10-18/h3,5-6,9-10,13-14,17,19-21,23,25,27H,4,7-8,11-12,15-16H2,1-2H3,(H,24,26)/b14-13+/t20-,21-,23+/m0/s1/i4T,7T,8T,11T,12T,19T/t4?,7?,8?,11?,12?,19?,20-,21-,23+. The number of rotatable bonds is 9. The van der Waals surface area contributed by atoms with E-state index in [0.29, 0.717) is 0 Å². The van der Waals surface area contributed by atoms with Crippen LogP contribution in [-0.2, 0) is 4.79 Å². The Balaban J connectivity index is 2.28. The highest BCUT2D eigenvalue weighted by molar-refractivity contribution is 5.91. The van der Waals surface area contributed by atoms with E-state index in [1.165, 1.54) is 6.08 Å². The van der Waals surface area contributed by atoms with E-state index in [4.69, 9.17) is 8.22 Å². The van der Waals surface area contributed by atoms with Crippen molar-refractivity contribution in [3.63, 3.8) is 0 Å². The fourth-order valence-electron chi connectivity index (χ4n) is 2.98. The van der Waals surface area contributed by atoms with Crippen LogP contribution in [-0.4, -0.2) is 34.4 Å². The summed E-state index contributed by atoms with van der Waals surface area (Å²) in [6, 6.07) is 7.91. The molecule has 1 aliphatic rings. The van der Waals surface area contributed by atoms with Crippen LogP contribution < -0.4 is 5.32 Å². The monoisotopic (exact) mass is 385 g/mol. The summed E-state index contributed by atoms with van der Waals surface area (Å²) < 4.78 is 49.6. The quantitative estimate of drug-likeness (QED) is 0.564. The van der Waals surface area contributed by atoms with Crippen molar-refractivity contribution >= 4 is 12.0 Å². The Kier molecular flexibility index (Phi) is 5.99. The molecule has 2 rings (SSSR count). The molecule has 4 unspecified atom stereocenters. The molecule has 4 nitrogen and oxygen atoms in total. The lowest BCUT2D eigenvalue weighted by molar-refractivity contribution is -0.119. The van der Waals surface area contributed by atoms with Gasteiger partial charge in [-0.25, -0.2) is 0 Å². The third-order valence-electron chi connectivity index (χ3n) is 4.37. The molecule has 3 N–H and O–H groups in total. The van der Waals surface area contributed by atoms with Gasteiger partial charge in [0.25, 0.3) is 0 Å². The van der Waals surface area contributed by atoms with Crippen molar-refractivity contribution in [2.45, 2.75) is 76.9 Å². The van der Waals surface area contributed by atoms with E-state index in [0.717, 1.165) is 5.56 Å². The van der Waals surface area contributed by atoms with Crippen molar-refractivity contribution in [2.75, 3.05) is 0 Å². The maximum absolute atomic E-state index is 12.6. The predicted molar refractivity (Wildman–Crippen MR) is 110 cm³/mol. The molecule has 0 bridgehead atoms. The van der Waals surface area contributed by atoms with E-state index >= 15 is 0 Å². The van der Waals surface area contributed by atoms with Crippen molar-refractivity contribution in [3.8, 4) is 0 Å². The fourth-order valence-corrected chi connectivity index (χ4v) is 2.98. The van der Waals surface area contributed by atoms with Gasteiger partial charge in [0.15, 0.2) is 0 Å². The molecule has 0 aromatic heterocycles. The maximum Gasteiger partial charge on any atom is 0.244 e. The number of amides is 1. The Hall–Kier alpha value is -1.65. The highest BCUT2D eigenvalue weighted by atomic mass is 16.3. The first kappa shape index (κ1) is 14.4. The normalized spacial score (nSPS) is 40.7. The summed E-state index contributed by atoms with van der Waals surface area (Å²) >= 11 is 0. The van der Waals surface area contributed by atoms with Crippen molar-refractivity contribution < 1.29 is 23.2 Å². The van der Waals surface area contributed by atoms with E-state index in [2.05, 4.69) is 5.32 Å². The second kappa shape index (κ2) is 11.3.